The fourth-order valence-electron chi connectivity index (χ4n) is 2.72. The van der Waals surface area contributed by atoms with Crippen molar-refractivity contribution in [3.63, 3.8) is 0 Å². The van der Waals surface area contributed by atoms with Crippen molar-refractivity contribution in [2.75, 3.05) is 13.2 Å². The number of H-pyrrole nitrogens is 1. The number of aromatic amines is 1. The number of aryl methyl sites for hydroxylation is 1. The zero-order valence-corrected chi connectivity index (χ0v) is 16.8. The van der Waals surface area contributed by atoms with E-state index in [4.69, 9.17) is 14.2 Å². The normalized spacial score (nSPS) is 10.6. The number of hydrogen-bond acceptors (Lipinski definition) is 6. The number of nitrogens with one attached hydrogen (secondary N) is 1. The monoisotopic (exact) mass is 387 g/mol. The molecule has 0 aliphatic heterocycles. The van der Waals surface area contributed by atoms with Crippen LogP contribution in [0.15, 0.2) is 24.3 Å². The van der Waals surface area contributed by atoms with Gasteiger partial charge in [0.15, 0.2) is 12.4 Å². The predicted molar refractivity (Wildman–Crippen MR) is 103 cm³/mol. The van der Waals surface area contributed by atoms with E-state index in [1.54, 1.807) is 52.0 Å². The zero-order valence-electron chi connectivity index (χ0n) is 16.8. The van der Waals surface area contributed by atoms with Crippen LogP contribution in [0.4, 0.5) is 0 Å². The number of ketones is 1. The van der Waals surface area contributed by atoms with E-state index in [1.165, 1.54) is 0 Å². The SMILES string of the molecule is CCOc1ccc(C(=O)COC(=O)c2[nH]c(C)c(C(=O)OC(C)C)c2C)cc1. The molecule has 0 aliphatic carbocycles. The highest BCUT2D eigenvalue weighted by molar-refractivity contribution is 6.01. The molecule has 7 heteroatoms. The van der Waals surface area contributed by atoms with Gasteiger partial charge in [0.2, 0.25) is 0 Å². The van der Waals surface area contributed by atoms with Gasteiger partial charge in [-0.1, -0.05) is 0 Å². The molecule has 150 valence electrons. The van der Waals surface area contributed by atoms with Crippen LogP contribution in [0.25, 0.3) is 0 Å². The first-order valence-corrected chi connectivity index (χ1v) is 9.07. The Labute approximate surface area is 164 Å². The number of Topliss-reactive ketones (excluding diaryl/α,β-unsaturated/α-hetero) is 1. The summed E-state index contributed by atoms with van der Waals surface area (Å²) in [7, 11) is 0. The molecule has 28 heavy (non-hydrogen) atoms. The summed E-state index contributed by atoms with van der Waals surface area (Å²) in [5.41, 5.74) is 1.79. The van der Waals surface area contributed by atoms with Crippen molar-refractivity contribution in [2.45, 2.75) is 40.7 Å². The number of aromatic nitrogens is 1. The van der Waals surface area contributed by atoms with Crippen LogP contribution in [0.5, 0.6) is 5.75 Å². The Kier molecular flexibility index (Phi) is 6.98. The van der Waals surface area contributed by atoms with Gasteiger partial charge in [0.1, 0.15) is 11.4 Å². The Morgan fingerprint density at radius 2 is 1.68 bits per heavy atom. The largest absolute Gasteiger partial charge is 0.494 e. The molecule has 1 aromatic carbocycles. The van der Waals surface area contributed by atoms with Gasteiger partial charge in [-0.25, -0.2) is 9.59 Å². The van der Waals surface area contributed by atoms with Crippen molar-refractivity contribution in [3.05, 3.63) is 52.3 Å². The third-order valence-electron chi connectivity index (χ3n) is 4.01. The van der Waals surface area contributed by atoms with Gasteiger partial charge in [-0.2, -0.15) is 0 Å². The summed E-state index contributed by atoms with van der Waals surface area (Å²) in [4.78, 5) is 39.7. The van der Waals surface area contributed by atoms with E-state index in [0.29, 0.717) is 34.7 Å². The Hall–Kier alpha value is -3.09. The molecule has 2 aromatic rings. The molecule has 0 saturated heterocycles. The van der Waals surface area contributed by atoms with E-state index in [2.05, 4.69) is 4.98 Å². The number of rotatable bonds is 8. The zero-order chi connectivity index (χ0) is 20.8. The maximum absolute atomic E-state index is 12.4. The van der Waals surface area contributed by atoms with Gasteiger partial charge in [0.05, 0.1) is 18.3 Å². The van der Waals surface area contributed by atoms with Crippen molar-refractivity contribution in [1.29, 1.82) is 0 Å². The molecule has 0 bridgehead atoms. The molecule has 2 rings (SSSR count). The smallest absolute Gasteiger partial charge is 0.355 e. The van der Waals surface area contributed by atoms with Crippen LogP contribution >= 0.6 is 0 Å². The van der Waals surface area contributed by atoms with Crippen molar-refractivity contribution < 1.29 is 28.6 Å². The fourth-order valence-corrected chi connectivity index (χ4v) is 2.72. The van der Waals surface area contributed by atoms with E-state index in [9.17, 15) is 14.4 Å². The molecular formula is C21H25NO6. The van der Waals surface area contributed by atoms with Crippen LogP contribution in [-0.2, 0) is 9.47 Å². The molecule has 1 N–H and O–H groups in total. The highest BCUT2D eigenvalue weighted by atomic mass is 16.5. The molecule has 0 atom stereocenters. The molecule has 0 aliphatic rings. The minimum absolute atomic E-state index is 0.132. The molecule has 7 nitrogen and oxygen atoms in total. The standard InChI is InChI=1S/C21H25NO6/c1-6-26-16-9-7-15(8-10-16)17(23)11-27-21(25)19-13(4)18(14(5)22-19)20(24)28-12(2)3/h7-10,12,22H,6,11H2,1-5H3. The van der Waals surface area contributed by atoms with Gasteiger partial charge < -0.3 is 19.2 Å². The van der Waals surface area contributed by atoms with Crippen LogP contribution in [0.1, 0.15) is 63.2 Å². The molecule has 0 unspecified atom stereocenters. The Morgan fingerprint density at radius 3 is 2.25 bits per heavy atom. The minimum Gasteiger partial charge on any atom is -0.494 e. The van der Waals surface area contributed by atoms with E-state index in [0.717, 1.165) is 0 Å². The predicted octanol–water partition coefficient (Wildman–Crippen LogP) is 3.64. The molecule has 0 fully saturated rings. The van der Waals surface area contributed by atoms with Gasteiger partial charge >= 0.3 is 11.9 Å². The van der Waals surface area contributed by atoms with Crippen molar-refractivity contribution in [2.24, 2.45) is 0 Å². The maximum Gasteiger partial charge on any atom is 0.355 e. The summed E-state index contributed by atoms with van der Waals surface area (Å²) in [6, 6.07) is 6.60. The van der Waals surface area contributed by atoms with Gasteiger partial charge in [-0.15, -0.1) is 0 Å². The van der Waals surface area contributed by atoms with Crippen molar-refractivity contribution >= 4 is 17.7 Å². The van der Waals surface area contributed by atoms with Gasteiger partial charge in [0.25, 0.3) is 0 Å². The first-order chi connectivity index (χ1) is 13.2. The van der Waals surface area contributed by atoms with Crippen LogP contribution in [-0.4, -0.2) is 42.0 Å². The Bertz CT molecular complexity index is 864. The summed E-state index contributed by atoms with van der Waals surface area (Å²) in [6.07, 6.45) is -0.275. The first-order valence-electron chi connectivity index (χ1n) is 9.07. The number of benzene rings is 1. The number of hydrogen-bond donors (Lipinski definition) is 1. The number of carbonyl (C=O) groups excluding carboxylic acids is 3. The molecule has 0 amide bonds. The average Bonchev–Trinajstić information content (AvgIpc) is 2.94. The molecule has 1 heterocycles. The summed E-state index contributed by atoms with van der Waals surface area (Å²) in [5, 5.41) is 0. The number of esters is 2. The quantitative estimate of drug-likeness (QED) is 0.549. The topological polar surface area (TPSA) is 94.7 Å². The molecule has 0 radical (unpaired) electrons. The van der Waals surface area contributed by atoms with Gasteiger partial charge in [0, 0.05) is 11.3 Å². The molecular weight excluding hydrogens is 362 g/mol. The highest BCUT2D eigenvalue weighted by Gasteiger charge is 2.25. The molecule has 0 saturated carbocycles. The van der Waals surface area contributed by atoms with Gasteiger partial charge in [-0.05, 0) is 64.4 Å². The molecule has 0 spiro atoms. The van der Waals surface area contributed by atoms with E-state index >= 15 is 0 Å². The lowest BCUT2D eigenvalue weighted by Gasteiger charge is -2.08. The number of carbonyl (C=O) groups is 3. The van der Waals surface area contributed by atoms with Crippen LogP contribution in [0.2, 0.25) is 0 Å². The minimum atomic E-state index is -0.705. The third-order valence-corrected chi connectivity index (χ3v) is 4.01. The summed E-state index contributed by atoms with van der Waals surface area (Å²) in [5.74, 6) is -0.889. The average molecular weight is 387 g/mol. The second kappa shape index (κ2) is 9.21. The Balaban J connectivity index is 2.05. The lowest BCUT2D eigenvalue weighted by molar-refractivity contribution is 0.0376. The van der Waals surface area contributed by atoms with Crippen LogP contribution in [0, 0.1) is 13.8 Å². The second-order valence-corrected chi connectivity index (χ2v) is 6.54. The van der Waals surface area contributed by atoms with Gasteiger partial charge in [-0.3, -0.25) is 4.79 Å². The third kappa shape index (κ3) is 5.00. The van der Waals surface area contributed by atoms with E-state index < -0.39 is 18.5 Å². The summed E-state index contributed by atoms with van der Waals surface area (Å²) < 4.78 is 15.7. The lowest BCUT2D eigenvalue weighted by atomic mass is 10.1. The summed E-state index contributed by atoms with van der Waals surface area (Å²) >= 11 is 0. The van der Waals surface area contributed by atoms with E-state index in [-0.39, 0.29) is 17.6 Å². The first kappa shape index (κ1) is 21.2. The van der Waals surface area contributed by atoms with E-state index in [1.807, 2.05) is 6.92 Å². The fraction of sp³-hybridized carbons (Fsp3) is 0.381. The second-order valence-electron chi connectivity index (χ2n) is 6.54. The van der Waals surface area contributed by atoms with Crippen LogP contribution in [0.3, 0.4) is 0 Å². The highest BCUT2D eigenvalue weighted by Crippen LogP contribution is 2.20. The van der Waals surface area contributed by atoms with Crippen LogP contribution < -0.4 is 4.74 Å². The lowest BCUT2D eigenvalue weighted by Crippen LogP contribution is -2.16. The maximum atomic E-state index is 12.4. The summed E-state index contributed by atoms with van der Waals surface area (Å²) in [6.45, 7) is 8.80. The number of ether oxygens (including phenoxy) is 3. The van der Waals surface area contributed by atoms with Crippen molar-refractivity contribution in [3.8, 4) is 5.75 Å². The molecule has 1 aromatic heterocycles. The Morgan fingerprint density at radius 1 is 1.04 bits per heavy atom. The van der Waals surface area contributed by atoms with Crippen molar-refractivity contribution in [1.82, 2.24) is 4.98 Å².